The molecular formula is C26H27F3N4O3. The summed E-state index contributed by atoms with van der Waals surface area (Å²) in [5, 5.41) is 2.24. The average Bonchev–Trinajstić information content (AvgIpc) is 2.81. The minimum absolute atomic E-state index is 0.0959. The van der Waals surface area contributed by atoms with Gasteiger partial charge >= 0.3 is 0 Å². The van der Waals surface area contributed by atoms with E-state index in [1.807, 2.05) is 4.90 Å². The van der Waals surface area contributed by atoms with Gasteiger partial charge in [-0.2, -0.15) is 0 Å². The van der Waals surface area contributed by atoms with Gasteiger partial charge < -0.3 is 15.0 Å². The average molecular weight is 501 g/mol. The normalized spacial score (nSPS) is 14.9. The van der Waals surface area contributed by atoms with Gasteiger partial charge in [-0.1, -0.05) is 20.8 Å². The molecule has 0 spiro atoms. The topological polar surface area (TPSA) is 84.4 Å². The van der Waals surface area contributed by atoms with Gasteiger partial charge in [0.05, 0.1) is 35.1 Å². The number of ether oxygens (including phenoxy) is 1. The number of anilines is 2. The first kappa shape index (κ1) is 25.6. The number of hydrogen-bond acceptors (Lipinski definition) is 6. The molecule has 1 N–H and O–H groups in total. The lowest BCUT2D eigenvalue weighted by Gasteiger charge is -2.25. The molecular weight excluding hydrogens is 473 g/mol. The number of aromatic nitrogens is 2. The Hall–Kier alpha value is -3.53. The summed E-state index contributed by atoms with van der Waals surface area (Å²) >= 11 is 0. The van der Waals surface area contributed by atoms with Crippen molar-refractivity contribution in [2.45, 2.75) is 33.6 Å². The summed E-state index contributed by atoms with van der Waals surface area (Å²) in [6.45, 7) is 7.40. The van der Waals surface area contributed by atoms with Gasteiger partial charge in [-0.25, -0.2) is 18.2 Å². The maximum Gasteiger partial charge on any atom is 0.229 e. The third-order valence-electron chi connectivity index (χ3n) is 5.90. The molecule has 7 nitrogen and oxygen atoms in total. The Bertz CT molecular complexity index is 1320. The number of amides is 1. The first-order valence-corrected chi connectivity index (χ1v) is 11.7. The number of carbonyl (C=O) groups excluding carboxylic acids is 2. The lowest BCUT2D eigenvalue weighted by Crippen LogP contribution is -2.31. The first-order chi connectivity index (χ1) is 17.1. The van der Waals surface area contributed by atoms with Crippen molar-refractivity contribution in [2.24, 2.45) is 5.41 Å². The summed E-state index contributed by atoms with van der Waals surface area (Å²) in [7, 11) is 0. The largest absolute Gasteiger partial charge is 0.380 e. The van der Waals surface area contributed by atoms with Gasteiger partial charge in [0.25, 0.3) is 0 Å². The predicted molar refractivity (Wildman–Crippen MR) is 130 cm³/mol. The van der Waals surface area contributed by atoms with Gasteiger partial charge in [0, 0.05) is 36.7 Å². The maximum atomic E-state index is 15.2. The Morgan fingerprint density at radius 3 is 2.53 bits per heavy atom. The Kier molecular flexibility index (Phi) is 7.26. The van der Waals surface area contributed by atoms with Crippen molar-refractivity contribution in [3.63, 3.8) is 0 Å². The molecule has 1 saturated heterocycles. The van der Waals surface area contributed by atoms with Crippen LogP contribution in [-0.4, -0.2) is 48.0 Å². The molecule has 3 aromatic rings. The van der Waals surface area contributed by atoms with E-state index < -0.39 is 45.8 Å². The zero-order chi connectivity index (χ0) is 26.0. The fourth-order valence-electron chi connectivity index (χ4n) is 3.77. The highest BCUT2D eigenvalue weighted by molar-refractivity contribution is 6.11. The van der Waals surface area contributed by atoms with E-state index >= 15 is 4.39 Å². The second kappa shape index (κ2) is 10.2. The Morgan fingerprint density at radius 2 is 1.78 bits per heavy atom. The summed E-state index contributed by atoms with van der Waals surface area (Å²) in [6, 6.07) is 4.75. The molecule has 1 aliphatic rings. The summed E-state index contributed by atoms with van der Waals surface area (Å²) in [5.41, 5.74) is -1.89. The number of ketones is 1. The molecule has 0 saturated carbocycles. The number of fused-ring (bicyclic) bond motifs is 1. The van der Waals surface area contributed by atoms with Gasteiger partial charge in [-0.15, -0.1) is 0 Å². The zero-order valence-corrected chi connectivity index (χ0v) is 20.3. The van der Waals surface area contributed by atoms with Crippen LogP contribution in [0.25, 0.3) is 11.0 Å². The lowest BCUT2D eigenvalue weighted by molar-refractivity contribution is -0.123. The molecule has 1 aromatic heterocycles. The predicted octanol–water partition coefficient (Wildman–Crippen LogP) is 4.88. The molecule has 0 bridgehead atoms. The Labute approximate surface area is 206 Å². The number of nitrogens with one attached hydrogen (secondary N) is 1. The van der Waals surface area contributed by atoms with Crippen molar-refractivity contribution in [3.05, 3.63) is 59.0 Å². The fraction of sp³-hybridized carbons (Fsp3) is 0.385. The highest BCUT2D eigenvalue weighted by Crippen LogP contribution is 2.29. The standard InChI is InChI=1S/C26H27F3N4O3/c1-26(2,3)25(35)32-19-13-16(27)22(28)21(23(19)29)24(34)15-6-7-17-18(12-15)31-20(14-30-17)33-8-4-5-10-36-11-9-33/h6-7,12-14H,4-5,8-11H2,1-3H3,(H,32,35). The highest BCUT2D eigenvalue weighted by Gasteiger charge is 2.29. The first-order valence-electron chi connectivity index (χ1n) is 11.7. The zero-order valence-electron chi connectivity index (χ0n) is 20.3. The van der Waals surface area contributed by atoms with Gasteiger partial charge in [-0.3, -0.25) is 14.6 Å². The van der Waals surface area contributed by atoms with Crippen LogP contribution in [-0.2, 0) is 9.53 Å². The molecule has 0 atom stereocenters. The maximum absolute atomic E-state index is 15.2. The number of nitrogens with zero attached hydrogens (tertiary/aromatic N) is 3. The van der Waals surface area contributed by atoms with Crippen molar-refractivity contribution < 1.29 is 27.5 Å². The van der Waals surface area contributed by atoms with Gasteiger partial charge in [-0.05, 0) is 31.0 Å². The second-order valence-corrected chi connectivity index (χ2v) is 9.68. The highest BCUT2D eigenvalue weighted by atomic mass is 19.2. The smallest absolute Gasteiger partial charge is 0.229 e. The monoisotopic (exact) mass is 500 g/mol. The lowest BCUT2D eigenvalue weighted by atomic mass is 9.95. The van der Waals surface area contributed by atoms with Crippen LogP contribution in [0.2, 0.25) is 0 Å². The minimum Gasteiger partial charge on any atom is -0.380 e. The van der Waals surface area contributed by atoms with Crippen molar-refractivity contribution in [2.75, 3.05) is 36.5 Å². The summed E-state index contributed by atoms with van der Waals surface area (Å²) in [5.74, 6) is -5.54. The van der Waals surface area contributed by atoms with Crippen LogP contribution in [0.1, 0.15) is 49.5 Å². The van der Waals surface area contributed by atoms with E-state index in [1.54, 1.807) is 27.0 Å². The van der Waals surface area contributed by atoms with Crippen LogP contribution < -0.4 is 10.2 Å². The molecule has 2 heterocycles. The van der Waals surface area contributed by atoms with E-state index in [2.05, 4.69) is 15.3 Å². The van der Waals surface area contributed by atoms with Crippen LogP contribution in [0, 0.1) is 22.9 Å². The molecule has 1 amide bonds. The van der Waals surface area contributed by atoms with Crippen LogP contribution in [0.5, 0.6) is 0 Å². The van der Waals surface area contributed by atoms with E-state index in [-0.39, 0.29) is 5.56 Å². The van der Waals surface area contributed by atoms with E-state index in [1.165, 1.54) is 18.2 Å². The van der Waals surface area contributed by atoms with Crippen molar-refractivity contribution in [1.82, 2.24) is 9.97 Å². The van der Waals surface area contributed by atoms with Crippen LogP contribution in [0.3, 0.4) is 0 Å². The number of benzene rings is 2. The molecule has 0 unspecified atom stereocenters. The third-order valence-corrected chi connectivity index (χ3v) is 5.90. The van der Waals surface area contributed by atoms with Gasteiger partial charge in [0.15, 0.2) is 23.2 Å². The SMILES string of the molecule is CC(C)(C)C(=O)Nc1cc(F)c(F)c(C(=O)c2ccc3ncc(N4CCCCOCC4)nc3c2)c1F. The molecule has 1 fully saturated rings. The number of rotatable bonds is 4. The van der Waals surface area contributed by atoms with E-state index in [4.69, 9.17) is 4.74 Å². The molecule has 190 valence electrons. The van der Waals surface area contributed by atoms with Crippen molar-refractivity contribution in [3.8, 4) is 0 Å². The van der Waals surface area contributed by atoms with E-state index in [0.717, 1.165) is 26.0 Å². The fourth-order valence-corrected chi connectivity index (χ4v) is 3.77. The second-order valence-electron chi connectivity index (χ2n) is 9.68. The van der Waals surface area contributed by atoms with E-state index in [9.17, 15) is 18.4 Å². The summed E-state index contributed by atoms with van der Waals surface area (Å²) in [6.07, 6.45) is 3.48. The van der Waals surface area contributed by atoms with Crippen LogP contribution in [0.15, 0.2) is 30.5 Å². The Balaban J connectivity index is 1.70. The third kappa shape index (κ3) is 5.33. The summed E-state index contributed by atoms with van der Waals surface area (Å²) in [4.78, 5) is 36.4. The van der Waals surface area contributed by atoms with Gasteiger partial charge in [0.1, 0.15) is 5.82 Å². The van der Waals surface area contributed by atoms with Crippen LogP contribution >= 0.6 is 0 Å². The molecule has 10 heteroatoms. The van der Waals surface area contributed by atoms with Crippen molar-refractivity contribution in [1.29, 1.82) is 0 Å². The molecule has 36 heavy (non-hydrogen) atoms. The van der Waals surface area contributed by atoms with Gasteiger partial charge in [0.2, 0.25) is 5.91 Å². The van der Waals surface area contributed by atoms with Crippen molar-refractivity contribution >= 4 is 34.2 Å². The van der Waals surface area contributed by atoms with Crippen LogP contribution in [0.4, 0.5) is 24.7 Å². The molecule has 1 aliphatic heterocycles. The summed E-state index contributed by atoms with van der Waals surface area (Å²) < 4.78 is 49.7. The number of carbonyl (C=O) groups is 2. The minimum atomic E-state index is -1.63. The number of hydrogen-bond donors (Lipinski definition) is 1. The molecule has 0 aliphatic carbocycles. The number of halogens is 3. The molecule has 4 rings (SSSR count). The van der Waals surface area contributed by atoms with E-state index in [0.29, 0.717) is 36.1 Å². The quantitative estimate of drug-likeness (QED) is 0.406. The molecule has 2 aromatic carbocycles. The molecule has 0 radical (unpaired) electrons. The Morgan fingerprint density at radius 1 is 1.00 bits per heavy atom.